The zero-order chi connectivity index (χ0) is 16.9. The molecular formula is C18H26BrN2O2+. The van der Waals surface area contributed by atoms with Crippen molar-refractivity contribution in [1.29, 1.82) is 0 Å². The van der Waals surface area contributed by atoms with Crippen molar-refractivity contribution in [2.24, 2.45) is 0 Å². The molecular weight excluding hydrogens is 356 g/mol. The van der Waals surface area contributed by atoms with Crippen LogP contribution in [0.4, 0.5) is 0 Å². The van der Waals surface area contributed by atoms with E-state index >= 15 is 0 Å². The Morgan fingerprint density at radius 2 is 1.48 bits per heavy atom. The monoisotopic (exact) mass is 381 g/mol. The molecule has 0 atom stereocenters. The lowest BCUT2D eigenvalue weighted by atomic mass is 10.1. The maximum absolute atomic E-state index is 12.4. The number of halogens is 1. The number of quaternary nitrogens is 1. The molecule has 2 rings (SSSR count). The largest absolute Gasteiger partial charge is 0.327 e. The predicted octanol–water partition coefficient (Wildman–Crippen LogP) is 3.31. The number of fused-ring (bicyclic) bond motifs is 1. The number of nitrogens with zero attached hydrogens (tertiary/aromatic N) is 2. The number of carbonyl (C=O) groups excluding carboxylic acids is 2. The maximum Gasteiger partial charge on any atom is 0.261 e. The summed E-state index contributed by atoms with van der Waals surface area (Å²) in [6.45, 7) is 2.36. The minimum atomic E-state index is -0.150. The van der Waals surface area contributed by atoms with E-state index in [0.717, 1.165) is 22.9 Å². The Kier molecular flexibility index (Phi) is 6.36. The van der Waals surface area contributed by atoms with E-state index in [0.29, 0.717) is 17.7 Å². The second-order valence-electron chi connectivity index (χ2n) is 6.79. The van der Waals surface area contributed by atoms with Crippen molar-refractivity contribution in [3.63, 3.8) is 0 Å². The fraction of sp³-hybridized carbons (Fsp3) is 0.556. The molecule has 1 heterocycles. The molecule has 1 aromatic carbocycles. The molecule has 0 saturated heterocycles. The van der Waals surface area contributed by atoms with Gasteiger partial charge in [0.05, 0.1) is 44.9 Å². The van der Waals surface area contributed by atoms with Crippen LogP contribution in [0.2, 0.25) is 0 Å². The first-order valence-electron chi connectivity index (χ1n) is 8.29. The average Bonchev–Trinajstić information content (AvgIpc) is 2.77. The average molecular weight is 382 g/mol. The fourth-order valence-electron chi connectivity index (χ4n) is 2.91. The van der Waals surface area contributed by atoms with Crippen LogP contribution in [0, 0.1) is 0 Å². The highest BCUT2D eigenvalue weighted by Crippen LogP contribution is 2.22. The number of imide groups is 1. The summed E-state index contributed by atoms with van der Waals surface area (Å²) in [7, 11) is 4.34. The number of benzene rings is 1. The Balaban J connectivity index is 1.84. The molecule has 126 valence electrons. The second kappa shape index (κ2) is 8.06. The van der Waals surface area contributed by atoms with Gasteiger partial charge in [-0.1, -0.05) is 34.5 Å². The minimum absolute atomic E-state index is 0.150. The van der Waals surface area contributed by atoms with Gasteiger partial charge < -0.3 is 4.48 Å². The topological polar surface area (TPSA) is 37.4 Å². The second-order valence-corrected chi connectivity index (χ2v) is 7.59. The standard InChI is InChI=1S/C18H26BrN2O2/c1-21(2,13-8-4-3-7-11-19)14-12-20-17(22)15-9-5-6-10-16(15)18(20)23/h5-6,9-10H,3-4,7-8,11-14H2,1-2H3/q+1. The van der Waals surface area contributed by atoms with Crippen molar-refractivity contribution in [3.8, 4) is 0 Å². The van der Waals surface area contributed by atoms with Gasteiger partial charge in [-0.3, -0.25) is 14.5 Å². The zero-order valence-corrected chi connectivity index (χ0v) is 15.6. The molecule has 23 heavy (non-hydrogen) atoms. The third-order valence-corrected chi connectivity index (χ3v) is 5.01. The highest BCUT2D eigenvalue weighted by molar-refractivity contribution is 9.09. The van der Waals surface area contributed by atoms with Gasteiger partial charge in [-0.25, -0.2) is 0 Å². The summed E-state index contributed by atoms with van der Waals surface area (Å²) in [6, 6.07) is 7.08. The molecule has 2 amide bonds. The summed E-state index contributed by atoms with van der Waals surface area (Å²) >= 11 is 3.45. The first kappa shape index (κ1) is 18.1. The molecule has 5 heteroatoms. The van der Waals surface area contributed by atoms with Crippen molar-refractivity contribution in [2.75, 3.05) is 39.1 Å². The molecule has 0 fully saturated rings. The number of amides is 2. The first-order valence-corrected chi connectivity index (χ1v) is 9.41. The van der Waals surface area contributed by atoms with Gasteiger partial charge in [0.25, 0.3) is 11.8 Å². The number of likely N-dealkylation sites (N-methyl/N-ethyl adjacent to an activating group) is 1. The highest BCUT2D eigenvalue weighted by Gasteiger charge is 2.35. The fourth-order valence-corrected chi connectivity index (χ4v) is 3.31. The van der Waals surface area contributed by atoms with E-state index in [-0.39, 0.29) is 11.8 Å². The van der Waals surface area contributed by atoms with Crippen molar-refractivity contribution in [2.45, 2.75) is 25.7 Å². The maximum atomic E-state index is 12.4. The predicted molar refractivity (Wildman–Crippen MR) is 95.9 cm³/mol. The zero-order valence-electron chi connectivity index (χ0n) is 14.1. The van der Waals surface area contributed by atoms with Gasteiger partial charge in [-0.05, 0) is 31.4 Å². The Morgan fingerprint density at radius 3 is 2.04 bits per heavy atom. The molecule has 0 saturated carbocycles. The van der Waals surface area contributed by atoms with Crippen LogP contribution in [0.5, 0.6) is 0 Å². The highest BCUT2D eigenvalue weighted by atomic mass is 79.9. The Hall–Kier alpha value is -1.20. The van der Waals surface area contributed by atoms with Crippen molar-refractivity contribution >= 4 is 27.7 Å². The van der Waals surface area contributed by atoms with E-state index in [1.165, 1.54) is 30.6 Å². The van der Waals surface area contributed by atoms with Gasteiger partial charge in [0.1, 0.15) is 0 Å². The summed E-state index contributed by atoms with van der Waals surface area (Å²) in [5.74, 6) is -0.300. The van der Waals surface area contributed by atoms with Crippen molar-refractivity contribution in [3.05, 3.63) is 35.4 Å². The molecule has 0 spiro atoms. The summed E-state index contributed by atoms with van der Waals surface area (Å²) in [6.07, 6.45) is 4.90. The number of hydrogen-bond donors (Lipinski definition) is 0. The number of carbonyl (C=O) groups is 2. The van der Waals surface area contributed by atoms with Gasteiger partial charge in [-0.15, -0.1) is 0 Å². The van der Waals surface area contributed by atoms with E-state index in [4.69, 9.17) is 0 Å². The van der Waals surface area contributed by atoms with Crippen molar-refractivity contribution in [1.82, 2.24) is 4.90 Å². The SMILES string of the molecule is C[N+](C)(CCCCCCBr)CCN1C(=O)c2ccccc2C1=O. The van der Waals surface area contributed by atoms with Crippen LogP contribution >= 0.6 is 15.9 Å². The van der Waals surface area contributed by atoms with Crippen LogP contribution in [0.15, 0.2) is 24.3 Å². The number of unbranched alkanes of at least 4 members (excludes halogenated alkanes) is 3. The van der Waals surface area contributed by atoms with Gasteiger partial charge in [-0.2, -0.15) is 0 Å². The molecule has 0 radical (unpaired) electrons. The van der Waals surface area contributed by atoms with Gasteiger partial charge in [0, 0.05) is 5.33 Å². The van der Waals surface area contributed by atoms with Crippen LogP contribution in [0.1, 0.15) is 46.4 Å². The lowest BCUT2D eigenvalue weighted by Crippen LogP contribution is -2.47. The van der Waals surface area contributed by atoms with Crippen molar-refractivity contribution < 1.29 is 14.1 Å². The third kappa shape index (κ3) is 4.64. The van der Waals surface area contributed by atoms with E-state index in [1.807, 2.05) is 0 Å². The summed E-state index contributed by atoms with van der Waals surface area (Å²) in [4.78, 5) is 26.1. The summed E-state index contributed by atoms with van der Waals surface area (Å²) in [5, 5.41) is 1.07. The lowest BCUT2D eigenvalue weighted by molar-refractivity contribution is -0.889. The lowest BCUT2D eigenvalue weighted by Gasteiger charge is -2.31. The van der Waals surface area contributed by atoms with E-state index in [2.05, 4.69) is 30.0 Å². The van der Waals surface area contributed by atoms with E-state index < -0.39 is 0 Å². The molecule has 0 aliphatic carbocycles. The molecule has 1 aromatic rings. The quantitative estimate of drug-likeness (QED) is 0.284. The molecule has 1 aliphatic rings. The molecule has 1 aliphatic heterocycles. The number of alkyl halides is 1. The van der Waals surface area contributed by atoms with E-state index in [9.17, 15) is 9.59 Å². The third-order valence-electron chi connectivity index (χ3n) is 4.45. The smallest absolute Gasteiger partial charge is 0.261 e. The number of rotatable bonds is 9. The molecule has 0 N–H and O–H groups in total. The Morgan fingerprint density at radius 1 is 0.913 bits per heavy atom. The normalized spacial score (nSPS) is 14.5. The Bertz CT molecular complexity index is 537. The van der Waals surface area contributed by atoms with Crippen LogP contribution in [-0.4, -0.2) is 60.3 Å². The molecule has 0 aromatic heterocycles. The van der Waals surface area contributed by atoms with Gasteiger partial charge in [0.15, 0.2) is 0 Å². The minimum Gasteiger partial charge on any atom is -0.327 e. The summed E-state index contributed by atoms with van der Waals surface area (Å²) < 4.78 is 0.835. The number of hydrogen-bond acceptors (Lipinski definition) is 2. The Labute approximate surface area is 147 Å². The summed E-state index contributed by atoms with van der Waals surface area (Å²) in [5.41, 5.74) is 1.08. The first-order chi connectivity index (χ1) is 11.0. The van der Waals surface area contributed by atoms with Crippen LogP contribution in [-0.2, 0) is 0 Å². The molecule has 4 nitrogen and oxygen atoms in total. The van der Waals surface area contributed by atoms with Gasteiger partial charge in [0.2, 0.25) is 0 Å². The molecule has 0 bridgehead atoms. The van der Waals surface area contributed by atoms with Crippen LogP contribution < -0.4 is 0 Å². The van der Waals surface area contributed by atoms with Crippen LogP contribution in [0.3, 0.4) is 0 Å². The van der Waals surface area contributed by atoms with Crippen LogP contribution in [0.25, 0.3) is 0 Å². The molecule has 0 unspecified atom stereocenters. The van der Waals surface area contributed by atoms with Gasteiger partial charge >= 0.3 is 0 Å². The van der Waals surface area contributed by atoms with E-state index in [1.54, 1.807) is 24.3 Å².